The Labute approximate surface area is 135 Å². The summed E-state index contributed by atoms with van der Waals surface area (Å²) in [5, 5.41) is 13.1. The maximum atomic E-state index is 13.2. The highest BCUT2D eigenvalue weighted by atomic mass is 19.4. The Morgan fingerprint density at radius 2 is 2.04 bits per heavy atom. The number of aliphatic imine (C=N–C) groups is 1. The van der Waals surface area contributed by atoms with Gasteiger partial charge in [0.15, 0.2) is 0 Å². The number of hydrogen-bond acceptors (Lipinski definition) is 3. The molecule has 3 rings (SSSR count). The molecular weight excluding hydrogens is 323 g/mol. The first kappa shape index (κ1) is 16.2. The molecule has 1 N–H and O–H groups in total. The Hall–Kier alpha value is -2.64. The van der Waals surface area contributed by atoms with E-state index in [-0.39, 0.29) is 13.1 Å². The van der Waals surface area contributed by atoms with E-state index in [9.17, 15) is 18.0 Å². The summed E-state index contributed by atoms with van der Waals surface area (Å²) in [5.74, 6) is -1.07. The molecular formula is C16H14F3N3O2. The topological polar surface area (TPSA) is 67.5 Å². The van der Waals surface area contributed by atoms with Crippen molar-refractivity contribution in [3.8, 4) is 11.1 Å². The van der Waals surface area contributed by atoms with Gasteiger partial charge in [-0.05, 0) is 37.1 Å². The number of aryl methyl sites for hydroxylation is 1. The molecule has 0 aliphatic carbocycles. The van der Waals surface area contributed by atoms with Gasteiger partial charge in [-0.2, -0.15) is 18.3 Å². The molecule has 2 aromatic rings. The SMILES string of the molecule is Cc1nn(CC(=O)O)c(C)c1-c1cc(C(F)(F)F)cc2c1C=NC2. The van der Waals surface area contributed by atoms with Gasteiger partial charge in [0.1, 0.15) is 6.54 Å². The summed E-state index contributed by atoms with van der Waals surface area (Å²) in [7, 11) is 0. The summed E-state index contributed by atoms with van der Waals surface area (Å²) < 4.78 is 40.9. The Balaban J connectivity index is 2.23. The zero-order valence-electron chi connectivity index (χ0n) is 13.0. The standard InChI is InChI=1S/C16H14F3N3O2/c1-8-15(9(2)22(21-8)7-14(23)24)12-4-11(16(17,18)19)3-10-5-20-6-13(10)12/h3-4,6H,5,7H2,1-2H3,(H,23,24). The highest BCUT2D eigenvalue weighted by Crippen LogP contribution is 2.39. The molecule has 0 fully saturated rings. The smallest absolute Gasteiger partial charge is 0.416 e. The molecule has 0 amide bonds. The van der Waals surface area contributed by atoms with E-state index < -0.39 is 17.7 Å². The molecule has 0 atom stereocenters. The maximum absolute atomic E-state index is 13.2. The van der Waals surface area contributed by atoms with E-state index in [1.807, 2.05) is 0 Å². The first-order valence-corrected chi connectivity index (χ1v) is 7.18. The van der Waals surface area contributed by atoms with Crippen molar-refractivity contribution in [2.45, 2.75) is 33.1 Å². The molecule has 126 valence electrons. The van der Waals surface area contributed by atoms with Crippen LogP contribution in [-0.2, 0) is 24.1 Å². The van der Waals surface area contributed by atoms with E-state index in [2.05, 4.69) is 10.1 Å². The van der Waals surface area contributed by atoms with Crippen molar-refractivity contribution in [3.05, 3.63) is 40.2 Å². The fourth-order valence-corrected chi connectivity index (χ4v) is 2.97. The third kappa shape index (κ3) is 2.68. The number of halogens is 3. The van der Waals surface area contributed by atoms with Crippen LogP contribution in [0, 0.1) is 13.8 Å². The number of carboxylic acids is 1. The van der Waals surface area contributed by atoms with Crippen molar-refractivity contribution in [1.82, 2.24) is 9.78 Å². The van der Waals surface area contributed by atoms with Gasteiger partial charge >= 0.3 is 12.1 Å². The molecule has 2 heterocycles. The summed E-state index contributed by atoms with van der Waals surface area (Å²) in [5.41, 5.74) is 2.28. The van der Waals surface area contributed by atoms with Crippen LogP contribution in [0.3, 0.4) is 0 Å². The fourth-order valence-electron chi connectivity index (χ4n) is 2.97. The number of hydrogen-bond donors (Lipinski definition) is 1. The largest absolute Gasteiger partial charge is 0.480 e. The minimum absolute atomic E-state index is 0.202. The van der Waals surface area contributed by atoms with Crippen LogP contribution in [0.15, 0.2) is 17.1 Å². The Morgan fingerprint density at radius 3 is 2.67 bits per heavy atom. The zero-order valence-corrected chi connectivity index (χ0v) is 13.0. The van der Waals surface area contributed by atoms with Gasteiger partial charge in [0.2, 0.25) is 0 Å². The third-order valence-corrected chi connectivity index (χ3v) is 4.01. The van der Waals surface area contributed by atoms with Gasteiger partial charge in [0, 0.05) is 23.0 Å². The number of carboxylic acid groups (broad SMARTS) is 1. The van der Waals surface area contributed by atoms with E-state index >= 15 is 0 Å². The number of aromatic nitrogens is 2. The van der Waals surface area contributed by atoms with E-state index in [0.29, 0.717) is 33.6 Å². The lowest BCUT2D eigenvalue weighted by Gasteiger charge is -2.14. The summed E-state index contributed by atoms with van der Waals surface area (Å²) >= 11 is 0. The second-order valence-electron chi connectivity index (χ2n) is 5.66. The van der Waals surface area contributed by atoms with Crippen molar-refractivity contribution in [2.24, 2.45) is 4.99 Å². The number of benzene rings is 1. The highest BCUT2D eigenvalue weighted by molar-refractivity contribution is 5.95. The van der Waals surface area contributed by atoms with Crippen LogP contribution >= 0.6 is 0 Å². The maximum Gasteiger partial charge on any atom is 0.416 e. The molecule has 0 spiro atoms. The molecule has 24 heavy (non-hydrogen) atoms. The summed E-state index contributed by atoms with van der Waals surface area (Å²) in [6.07, 6.45) is -2.91. The molecule has 0 bridgehead atoms. The summed E-state index contributed by atoms with van der Waals surface area (Å²) in [4.78, 5) is 15.0. The Morgan fingerprint density at radius 1 is 1.33 bits per heavy atom. The van der Waals surface area contributed by atoms with Gasteiger partial charge in [0.25, 0.3) is 0 Å². The molecule has 0 radical (unpaired) electrons. The molecule has 1 aliphatic heterocycles. The molecule has 1 aliphatic rings. The van der Waals surface area contributed by atoms with Gasteiger partial charge in [-0.1, -0.05) is 0 Å². The van der Waals surface area contributed by atoms with E-state index in [4.69, 9.17) is 5.11 Å². The predicted molar refractivity (Wildman–Crippen MR) is 81.1 cm³/mol. The number of carbonyl (C=O) groups is 1. The molecule has 1 aromatic heterocycles. The van der Waals surface area contributed by atoms with Gasteiger partial charge in [0.05, 0.1) is 17.8 Å². The molecule has 5 nitrogen and oxygen atoms in total. The van der Waals surface area contributed by atoms with Crippen LogP contribution in [0.1, 0.15) is 28.1 Å². The average molecular weight is 337 g/mol. The normalized spacial score (nSPS) is 13.4. The zero-order chi connectivity index (χ0) is 17.6. The van der Waals surface area contributed by atoms with Crippen LogP contribution in [0.4, 0.5) is 13.2 Å². The summed E-state index contributed by atoms with van der Waals surface area (Å²) in [6, 6.07) is 2.19. The Bertz CT molecular complexity index is 866. The monoisotopic (exact) mass is 337 g/mol. The van der Waals surface area contributed by atoms with Crippen LogP contribution in [0.2, 0.25) is 0 Å². The van der Waals surface area contributed by atoms with E-state index in [1.54, 1.807) is 20.1 Å². The van der Waals surface area contributed by atoms with E-state index in [0.717, 1.165) is 12.1 Å². The van der Waals surface area contributed by atoms with E-state index in [1.165, 1.54) is 4.68 Å². The van der Waals surface area contributed by atoms with Gasteiger partial charge < -0.3 is 5.11 Å². The van der Waals surface area contributed by atoms with Crippen molar-refractivity contribution in [2.75, 3.05) is 0 Å². The lowest BCUT2D eigenvalue weighted by molar-refractivity contribution is -0.138. The Kier molecular flexibility index (Phi) is 3.70. The van der Waals surface area contributed by atoms with Crippen LogP contribution in [0.25, 0.3) is 11.1 Å². The predicted octanol–water partition coefficient (Wildman–Crippen LogP) is 3.20. The highest BCUT2D eigenvalue weighted by Gasteiger charge is 2.33. The van der Waals surface area contributed by atoms with Gasteiger partial charge in [-0.15, -0.1) is 0 Å². The summed E-state index contributed by atoms with van der Waals surface area (Å²) in [6.45, 7) is 3.16. The quantitative estimate of drug-likeness (QED) is 0.935. The first-order chi connectivity index (χ1) is 11.2. The van der Waals surface area contributed by atoms with Crippen LogP contribution in [-0.4, -0.2) is 27.1 Å². The number of fused-ring (bicyclic) bond motifs is 1. The van der Waals surface area contributed by atoms with Crippen LogP contribution < -0.4 is 0 Å². The van der Waals surface area contributed by atoms with Gasteiger partial charge in [-0.25, -0.2) is 0 Å². The molecule has 8 heteroatoms. The molecule has 0 saturated carbocycles. The number of rotatable bonds is 3. The fraction of sp³-hybridized carbons (Fsp3) is 0.312. The lowest BCUT2D eigenvalue weighted by Crippen LogP contribution is -2.11. The average Bonchev–Trinajstić information content (AvgIpc) is 3.02. The molecule has 0 unspecified atom stereocenters. The second kappa shape index (κ2) is 5.47. The number of alkyl halides is 3. The van der Waals surface area contributed by atoms with Crippen LogP contribution in [0.5, 0.6) is 0 Å². The van der Waals surface area contributed by atoms with Gasteiger partial charge in [-0.3, -0.25) is 14.5 Å². The third-order valence-electron chi connectivity index (χ3n) is 4.01. The number of aliphatic carboxylic acids is 1. The first-order valence-electron chi connectivity index (χ1n) is 7.18. The molecule has 0 saturated heterocycles. The van der Waals surface area contributed by atoms with Crippen molar-refractivity contribution >= 4 is 12.2 Å². The minimum atomic E-state index is -4.47. The van der Waals surface area contributed by atoms with Crippen molar-refractivity contribution in [3.63, 3.8) is 0 Å². The second-order valence-corrected chi connectivity index (χ2v) is 5.66. The minimum Gasteiger partial charge on any atom is -0.480 e. The lowest BCUT2D eigenvalue weighted by atomic mass is 9.93. The van der Waals surface area contributed by atoms with Crippen molar-refractivity contribution in [1.29, 1.82) is 0 Å². The molecule has 1 aromatic carbocycles. The number of nitrogens with zero attached hydrogens (tertiary/aromatic N) is 3. The van der Waals surface area contributed by atoms with Crippen molar-refractivity contribution < 1.29 is 23.1 Å².